The smallest absolute Gasteiger partial charge is 0.114 e. The van der Waals surface area contributed by atoms with E-state index in [2.05, 4.69) is 6.58 Å². The van der Waals surface area contributed by atoms with Crippen LogP contribution in [0, 0.1) is 0 Å². The molecule has 1 aliphatic rings. The van der Waals surface area contributed by atoms with E-state index in [0.717, 1.165) is 32.1 Å². The van der Waals surface area contributed by atoms with Gasteiger partial charge in [-0.15, -0.1) is 6.58 Å². The molecule has 0 aromatic rings. The second-order valence-electron chi connectivity index (χ2n) is 4.94. The van der Waals surface area contributed by atoms with Crippen LogP contribution in [0.3, 0.4) is 0 Å². The number of aliphatic hydroxyl groups is 3. The van der Waals surface area contributed by atoms with Gasteiger partial charge in [0.2, 0.25) is 0 Å². The van der Waals surface area contributed by atoms with Gasteiger partial charge in [-0.25, -0.2) is 0 Å². The quantitative estimate of drug-likeness (QED) is 0.424. The average molecular weight is 274 g/mol. The lowest BCUT2D eigenvalue weighted by atomic mass is 10.0. The lowest BCUT2D eigenvalue weighted by Crippen LogP contribution is -2.55. The van der Waals surface area contributed by atoms with Crippen LogP contribution in [-0.2, 0) is 9.47 Å². The Morgan fingerprint density at radius 2 is 1.95 bits per heavy atom. The van der Waals surface area contributed by atoms with E-state index in [4.69, 9.17) is 14.6 Å². The molecule has 1 fully saturated rings. The summed E-state index contributed by atoms with van der Waals surface area (Å²) in [5.41, 5.74) is 0. The van der Waals surface area contributed by atoms with Gasteiger partial charge in [0, 0.05) is 6.61 Å². The molecule has 1 aliphatic heterocycles. The van der Waals surface area contributed by atoms with E-state index in [-0.39, 0.29) is 13.2 Å². The molecule has 0 radical (unpaired) electrons. The molecule has 112 valence electrons. The largest absolute Gasteiger partial charge is 0.394 e. The number of hydrogen-bond donors (Lipinski definition) is 3. The Hall–Kier alpha value is -0.460. The molecule has 5 nitrogen and oxygen atoms in total. The molecular weight excluding hydrogens is 248 g/mol. The Kier molecular flexibility index (Phi) is 8.25. The molecule has 4 atom stereocenters. The lowest BCUT2D eigenvalue weighted by molar-refractivity contribution is -0.211. The van der Waals surface area contributed by atoms with Crippen molar-refractivity contribution in [1.82, 2.24) is 0 Å². The van der Waals surface area contributed by atoms with Crippen LogP contribution in [0.5, 0.6) is 0 Å². The van der Waals surface area contributed by atoms with Crippen molar-refractivity contribution >= 4 is 0 Å². The van der Waals surface area contributed by atoms with Crippen LogP contribution in [-0.4, -0.2) is 59.6 Å². The number of allylic oxidation sites excluding steroid dienone is 1. The summed E-state index contributed by atoms with van der Waals surface area (Å²) in [5.74, 6) is 0. The molecule has 0 aromatic heterocycles. The van der Waals surface area contributed by atoms with E-state index in [0.29, 0.717) is 6.61 Å². The number of unbranched alkanes of at least 4 members (excludes halogenated alkanes) is 4. The summed E-state index contributed by atoms with van der Waals surface area (Å²) in [6.45, 7) is 4.00. The first-order chi connectivity index (χ1) is 9.20. The second-order valence-corrected chi connectivity index (χ2v) is 4.94. The fourth-order valence-electron chi connectivity index (χ4n) is 2.18. The zero-order valence-electron chi connectivity index (χ0n) is 11.4. The number of ether oxygens (including phenoxy) is 2. The Morgan fingerprint density at radius 1 is 1.21 bits per heavy atom. The molecule has 0 amide bonds. The summed E-state index contributed by atoms with van der Waals surface area (Å²) in [6, 6.07) is 0. The average Bonchev–Trinajstić information content (AvgIpc) is 2.42. The molecule has 1 saturated heterocycles. The third kappa shape index (κ3) is 5.58. The van der Waals surface area contributed by atoms with Crippen molar-refractivity contribution in [2.24, 2.45) is 0 Å². The van der Waals surface area contributed by atoms with Gasteiger partial charge in [0.1, 0.15) is 24.4 Å². The Labute approximate surface area is 114 Å². The van der Waals surface area contributed by atoms with E-state index in [1.807, 2.05) is 6.08 Å². The minimum absolute atomic E-state index is 0.0355. The first-order valence-electron chi connectivity index (χ1n) is 7.01. The van der Waals surface area contributed by atoms with E-state index >= 15 is 0 Å². The molecule has 5 heteroatoms. The Morgan fingerprint density at radius 3 is 2.63 bits per heavy atom. The van der Waals surface area contributed by atoms with Gasteiger partial charge in [0.25, 0.3) is 0 Å². The number of rotatable bonds is 9. The molecule has 0 bridgehead atoms. The predicted molar refractivity (Wildman–Crippen MR) is 71.9 cm³/mol. The van der Waals surface area contributed by atoms with Crippen molar-refractivity contribution in [3.8, 4) is 0 Å². The molecule has 1 heterocycles. The van der Waals surface area contributed by atoms with Crippen molar-refractivity contribution in [3.05, 3.63) is 12.7 Å². The van der Waals surface area contributed by atoms with Gasteiger partial charge >= 0.3 is 0 Å². The van der Waals surface area contributed by atoms with Gasteiger partial charge in [0.15, 0.2) is 0 Å². The van der Waals surface area contributed by atoms with E-state index in [1.54, 1.807) is 0 Å². The second kappa shape index (κ2) is 9.44. The first kappa shape index (κ1) is 16.6. The van der Waals surface area contributed by atoms with Gasteiger partial charge in [-0.2, -0.15) is 0 Å². The summed E-state index contributed by atoms with van der Waals surface area (Å²) in [6.07, 6.45) is 4.03. The fourth-order valence-corrected chi connectivity index (χ4v) is 2.18. The molecule has 0 saturated carbocycles. The molecule has 1 rings (SSSR count). The highest BCUT2D eigenvalue weighted by Crippen LogP contribution is 2.19. The van der Waals surface area contributed by atoms with Gasteiger partial charge in [-0.05, 0) is 19.3 Å². The van der Waals surface area contributed by atoms with Crippen LogP contribution in [0.2, 0.25) is 0 Å². The topological polar surface area (TPSA) is 79.2 Å². The maximum absolute atomic E-state index is 9.83. The van der Waals surface area contributed by atoms with Gasteiger partial charge in [0.05, 0.1) is 13.2 Å². The highest BCUT2D eigenvalue weighted by Gasteiger charge is 2.39. The third-order valence-electron chi connectivity index (χ3n) is 3.37. The summed E-state index contributed by atoms with van der Waals surface area (Å²) >= 11 is 0. The van der Waals surface area contributed by atoms with Crippen molar-refractivity contribution in [3.63, 3.8) is 0 Å². The standard InChI is InChI=1S/C14H26O5/c1-2-3-4-5-6-7-8-18-14-12(9-15)19-10-11(16)13(14)17/h2,11-17H,1,3-10H2/t11-,12+,13+,14+/m0/s1. The Balaban J connectivity index is 2.19. The summed E-state index contributed by atoms with van der Waals surface area (Å²) in [5, 5.41) is 28.5. The van der Waals surface area contributed by atoms with Crippen LogP contribution in [0.1, 0.15) is 32.1 Å². The zero-order valence-corrected chi connectivity index (χ0v) is 11.4. The molecule has 3 N–H and O–H groups in total. The fraction of sp³-hybridized carbons (Fsp3) is 0.857. The monoisotopic (exact) mass is 274 g/mol. The summed E-state index contributed by atoms with van der Waals surface area (Å²) in [7, 11) is 0. The lowest BCUT2D eigenvalue weighted by Gasteiger charge is -2.37. The molecule has 0 unspecified atom stereocenters. The molecule has 0 aromatic carbocycles. The maximum Gasteiger partial charge on any atom is 0.114 e. The van der Waals surface area contributed by atoms with Crippen molar-refractivity contribution in [2.45, 2.75) is 56.5 Å². The van der Waals surface area contributed by atoms with Gasteiger partial charge in [-0.1, -0.05) is 18.9 Å². The molecule has 19 heavy (non-hydrogen) atoms. The molecular formula is C14H26O5. The van der Waals surface area contributed by atoms with Gasteiger partial charge in [-0.3, -0.25) is 0 Å². The zero-order chi connectivity index (χ0) is 14.1. The van der Waals surface area contributed by atoms with Crippen molar-refractivity contribution in [2.75, 3.05) is 19.8 Å². The maximum atomic E-state index is 9.83. The summed E-state index contributed by atoms with van der Waals surface area (Å²) in [4.78, 5) is 0. The normalized spacial score (nSPS) is 31.3. The van der Waals surface area contributed by atoms with Crippen LogP contribution in [0.4, 0.5) is 0 Å². The minimum Gasteiger partial charge on any atom is -0.394 e. The van der Waals surface area contributed by atoms with Crippen molar-refractivity contribution in [1.29, 1.82) is 0 Å². The van der Waals surface area contributed by atoms with E-state index in [9.17, 15) is 10.2 Å². The summed E-state index contributed by atoms with van der Waals surface area (Å²) < 4.78 is 10.8. The van der Waals surface area contributed by atoms with Crippen LogP contribution in [0.25, 0.3) is 0 Å². The minimum atomic E-state index is -0.994. The van der Waals surface area contributed by atoms with Crippen LogP contribution < -0.4 is 0 Å². The number of hydrogen-bond acceptors (Lipinski definition) is 5. The van der Waals surface area contributed by atoms with Crippen LogP contribution in [0.15, 0.2) is 12.7 Å². The highest BCUT2D eigenvalue weighted by molar-refractivity contribution is 4.87. The highest BCUT2D eigenvalue weighted by atomic mass is 16.6. The third-order valence-corrected chi connectivity index (χ3v) is 3.37. The van der Waals surface area contributed by atoms with E-state index < -0.39 is 24.4 Å². The van der Waals surface area contributed by atoms with Gasteiger partial charge < -0.3 is 24.8 Å². The predicted octanol–water partition coefficient (Wildman–Crippen LogP) is 0.621. The SMILES string of the molecule is C=CCCCCCCO[C@H]1[C@H](O)[C@@H](O)CO[C@@H]1CO. The number of aliphatic hydroxyl groups excluding tert-OH is 3. The molecule has 0 aliphatic carbocycles. The molecule has 0 spiro atoms. The van der Waals surface area contributed by atoms with E-state index in [1.165, 1.54) is 0 Å². The van der Waals surface area contributed by atoms with Crippen LogP contribution >= 0.6 is 0 Å². The first-order valence-corrected chi connectivity index (χ1v) is 7.01. The van der Waals surface area contributed by atoms with Crippen molar-refractivity contribution < 1.29 is 24.8 Å². The Bertz CT molecular complexity index is 244.